The highest BCUT2D eigenvalue weighted by Crippen LogP contribution is 2.41. The summed E-state index contributed by atoms with van der Waals surface area (Å²) in [5.41, 5.74) is 3.17. The van der Waals surface area contributed by atoms with Crippen LogP contribution in [0.1, 0.15) is 80.9 Å². The van der Waals surface area contributed by atoms with Crippen molar-refractivity contribution in [3.63, 3.8) is 0 Å². The van der Waals surface area contributed by atoms with Crippen LogP contribution in [0.3, 0.4) is 0 Å². The zero-order chi connectivity index (χ0) is 22.3. The lowest BCUT2D eigenvalue weighted by Gasteiger charge is -2.33. The van der Waals surface area contributed by atoms with Gasteiger partial charge in [-0.2, -0.15) is 0 Å². The number of amides is 1. The third kappa shape index (κ3) is 4.43. The van der Waals surface area contributed by atoms with Crippen LogP contribution in [0, 0.1) is 5.92 Å². The Balaban J connectivity index is 1.69. The minimum absolute atomic E-state index is 0.125. The lowest BCUT2D eigenvalue weighted by Crippen LogP contribution is -2.41. The number of nitrogens with zero attached hydrogens (tertiary/aromatic N) is 2. The first-order valence-electron chi connectivity index (χ1n) is 11.5. The molecule has 2 aromatic rings. The number of aromatic carboxylic acids is 1. The first kappa shape index (κ1) is 21.7. The molecule has 2 fully saturated rings. The molecule has 1 aromatic carbocycles. The Bertz CT molecular complexity index is 989. The molecule has 2 heterocycles. The van der Waals surface area contributed by atoms with Crippen molar-refractivity contribution in [3.8, 4) is 0 Å². The van der Waals surface area contributed by atoms with Crippen LogP contribution in [0.25, 0.3) is 10.9 Å². The molecule has 31 heavy (non-hydrogen) atoms. The van der Waals surface area contributed by atoms with Gasteiger partial charge in [-0.25, -0.2) is 9.59 Å². The van der Waals surface area contributed by atoms with Crippen LogP contribution in [0.5, 0.6) is 0 Å². The molecule has 1 N–H and O–H groups in total. The highest BCUT2D eigenvalue weighted by molar-refractivity contribution is 6.00. The molecule has 1 aliphatic carbocycles. The van der Waals surface area contributed by atoms with Crippen molar-refractivity contribution in [2.75, 3.05) is 13.1 Å². The predicted molar refractivity (Wildman–Crippen MR) is 121 cm³/mol. The van der Waals surface area contributed by atoms with Gasteiger partial charge >= 0.3 is 12.1 Å². The molecule has 1 aliphatic heterocycles. The Hall–Kier alpha value is -2.50. The second kappa shape index (κ2) is 8.21. The number of fused-ring (bicyclic) bond motifs is 1. The Morgan fingerprint density at radius 2 is 1.81 bits per heavy atom. The number of carbonyl (C=O) groups is 2. The monoisotopic (exact) mass is 426 g/mol. The van der Waals surface area contributed by atoms with Crippen molar-refractivity contribution in [1.29, 1.82) is 0 Å². The number of carboxylic acid groups (broad SMARTS) is 1. The van der Waals surface area contributed by atoms with Gasteiger partial charge in [0, 0.05) is 30.5 Å². The van der Waals surface area contributed by atoms with E-state index in [9.17, 15) is 14.7 Å². The topological polar surface area (TPSA) is 71.8 Å². The minimum atomic E-state index is -0.844. The van der Waals surface area contributed by atoms with Crippen molar-refractivity contribution in [2.45, 2.75) is 77.9 Å². The van der Waals surface area contributed by atoms with Crippen LogP contribution in [-0.2, 0) is 17.7 Å². The molecule has 1 saturated carbocycles. The van der Waals surface area contributed by atoms with Crippen molar-refractivity contribution >= 4 is 23.0 Å². The summed E-state index contributed by atoms with van der Waals surface area (Å²) in [6.45, 7) is 9.70. The zero-order valence-electron chi connectivity index (χ0n) is 19.1. The van der Waals surface area contributed by atoms with Gasteiger partial charge in [-0.15, -0.1) is 0 Å². The van der Waals surface area contributed by atoms with Crippen LogP contribution in [-0.4, -0.2) is 45.3 Å². The molecule has 168 valence electrons. The van der Waals surface area contributed by atoms with E-state index in [4.69, 9.17) is 4.74 Å². The van der Waals surface area contributed by atoms with Crippen molar-refractivity contribution < 1.29 is 19.4 Å². The quantitative estimate of drug-likeness (QED) is 0.692. The maximum Gasteiger partial charge on any atom is 0.410 e. The van der Waals surface area contributed by atoms with Crippen LogP contribution < -0.4 is 0 Å². The first-order valence-corrected chi connectivity index (χ1v) is 11.5. The molecule has 0 atom stereocenters. The second-order valence-electron chi connectivity index (χ2n) is 10.0. The molecular weight excluding hydrogens is 392 g/mol. The summed E-state index contributed by atoms with van der Waals surface area (Å²) in [4.78, 5) is 26.7. The van der Waals surface area contributed by atoms with Gasteiger partial charge in [0.2, 0.25) is 0 Å². The van der Waals surface area contributed by atoms with Crippen LogP contribution in [0.4, 0.5) is 4.79 Å². The normalized spacial score (nSPS) is 17.9. The van der Waals surface area contributed by atoms with Crippen molar-refractivity contribution in [2.24, 2.45) is 5.92 Å². The zero-order valence-corrected chi connectivity index (χ0v) is 19.1. The van der Waals surface area contributed by atoms with Crippen molar-refractivity contribution in [3.05, 3.63) is 35.0 Å². The maximum atomic E-state index is 12.5. The largest absolute Gasteiger partial charge is 0.477 e. The van der Waals surface area contributed by atoms with Gasteiger partial charge in [0.15, 0.2) is 0 Å². The SMILES string of the molecule is CCc1cccc2c1c(C1CCN(C(=O)OC(C)(C)C)CC1)c(C(=O)O)n2CC1CC1. The number of rotatable bonds is 5. The number of carboxylic acids is 1. The fourth-order valence-electron chi connectivity index (χ4n) is 4.85. The summed E-state index contributed by atoms with van der Waals surface area (Å²) in [5.74, 6) is -0.134. The van der Waals surface area contributed by atoms with E-state index in [0.717, 1.165) is 42.3 Å². The van der Waals surface area contributed by atoms with Gasteiger partial charge in [0.25, 0.3) is 0 Å². The standard InChI is InChI=1S/C25H34N2O4/c1-5-17-7-6-8-19-20(17)21(22(23(28)29)27(19)15-16-9-10-16)18-11-13-26(14-12-18)24(30)31-25(2,3)4/h6-8,16,18H,5,9-15H2,1-4H3,(H,28,29). The van der Waals surface area contributed by atoms with Crippen LogP contribution in [0.15, 0.2) is 18.2 Å². The lowest BCUT2D eigenvalue weighted by atomic mass is 9.86. The summed E-state index contributed by atoms with van der Waals surface area (Å²) < 4.78 is 7.59. The van der Waals surface area contributed by atoms with E-state index >= 15 is 0 Å². The molecule has 0 unspecified atom stereocenters. The van der Waals surface area contributed by atoms with E-state index < -0.39 is 11.6 Å². The number of likely N-dealkylation sites (tertiary alicyclic amines) is 1. The summed E-state index contributed by atoms with van der Waals surface area (Å²) in [6, 6.07) is 6.24. The summed E-state index contributed by atoms with van der Waals surface area (Å²) in [5, 5.41) is 11.4. The highest BCUT2D eigenvalue weighted by Gasteiger charge is 2.34. The number of carbonyl (C=O) groups excluding carboxylic acids is 1. The molecule has 6 nitrogen and oxygen atoms in total. The van der Waals surface area contributed by atoms with Crippen LogP contribution in [0.2, 0.25) is 0 Å². The van der Waals surface area contributed by atoms with E-state index in [-0.39, 0.29) is 12.0 Å². The second-order valence-corrected chi connectivity index (χ2v) is 10.0. The molecule has 2 aliphatic rings. The Morgan fingerprint density at radius 1 is 1.13 bits per heavy atom. The molecular formula is C25H34N2O4. The van der Waals surface area contributed by atoms with E-state index in [2.05, 4.69) is 23.6 Å². The summed E-state index contributed by atoms with van der Waals surface area (Å²) >= 11 is 0. The minimum Gasteiger partial charge on any atom is -0.477 e. The summed E-state index contributed by atoms with van der Waals surface area (Å²) in [7, 11) is 0. The number of hydrogen-bond acceptors (Lipinski definition) is 3. The number of ether oxygens (including phenoxy) is 1. The molecule has 1 aromatic heterocycles. The van der Waals surface area contributed by atoms with Crippen LogP contribution >= 0.6 is 0 Å². The van der Waals surface area contributed by atoms with Gasteiger partial charge in [-0.1, -0.05) is 19.1 Å². The molecule has 0 spiro atoms. The first-order chi connectivity index (χ1) is 14.7. The van der Waals surface area contributed by atoms with Gasteiger partial charge in [0.1, 0.15) is 11.3 Å². The average Bonchev–Trinajstić information content (AvgIpc) is 3.46. The number of aromatic nitrogens is 1. The predicted octanol–water partition coefficient (Wildman–Crippen LogP) is 5.43. The van der Waals surface area contributed by atoms with Crippen molar-refractivity contribution in [1.82, 2.24) is 9.47 Å². The fraction of sp³-hybridized carbons (Fsp3) is 0.600. The number of benzene rings is 1. The Kier molecular flexibility index (Phi) is 5.75. The third-order valence-corrected chi connectivity index (χ3v) is 6.49. The van der Waals surface area contributed by atoms with E-state index in [1.165, 1.54) is 18.4 Å². The molecule has 0 radical (unpaired) electrons. The van der Waals surface area contributed by atoms with E-state index in [1.54, 1.807) is 4.90 Å². The molecule has 0 bridgehead atoms. The van der Waals surface area contributed by atoms with Gasteiger partial charge in [0.05, 0.1) is 0 Å². The fourth-order valence-corrected chi connectivity index (χ4v) is 4.85. The lowest BCUT2D eigenvalue weighted by molar-refractivity contribution is 0.0204. The van der Waals surface area contributed by atoms with E-state index in [0.29, 0.717) is 24.7 Å². The van der Waals surface area contributed by atoms with Gasteiger partial charge in [-0.3, -0.25) is 0 Å². The van der Waals surface area contributed by atoms with E-state index in [1.807, 2.05) is 26.8 Å². The molecule has 6 heteroatoms. The maximum absolute atomic E-state index is 12.5. The third-order valence-electron chi connectivity index (χ3n) is 6.49. The Morgan fingerprint density at radius 3 is 2.35 bits per heavy atom. The number of piperidine rings is 1. The Labute approximate surface area is 184 Å². The summed E-state index contributed by atoms with van der Waals surface area (Å²) in [6.07, 6.45) is 4.44. The van der Waals surface area contributed by atoms with Gasteiger partial charge in [-0.05, 0) is 81.9 Å². The highest BCUT2D eigenvalue weighted by atomic mass is 16.6. The molecule has 1 amide bonds. The van der Waals surface area contributed by atoms with Gasteiger partial charge < -0.3 is 19.3 Å². The molecule has 4 rings (SSSR count). The number of aryl methyl sites for hydroxylation is 1. The molecule has 1 saturated heterocycles. The number of hydrogen-bond donors (Lipinski definition) is 1. The smallest absolute Gasteiger partial charge is 0.410 e. The average molecular weight is 427 g/mol.